The van der Waals surface area contributed by atoms with Gasteiger partial charge in [-0.05, 0) is 35.0 Å². The number of hydrogen-bond donors (Lipinski definition) is 0. The fourth-order valence-electron chi connectivity index (χ4n) is 3.40. The van der Waals surface area contributed by atoms with E-state index in [-0.39, 0.29) is 12.5 Å². The number of hydrogen-bond acceptors (Lipinski definition) is 5. The third-order valence-electron chi connectivity index (χ3n) is 4.92. The lowest BCUT2D eigenvalue weighted by Crippen LogP contribution is -2.50. The zero-order valence-corrected chi connectivity index (χ0v) is 15.4. The van der Waals surface area contributed by atoms with E-state index in [1.807, 2.05) is 47.4 Å². The molecule has 28 heavy (non-hydrogen) atoms. The van der Waals surface area contributed by atoms with Crippen molar-refractivity contribution in [2.75, 3.05) is 37.7 Å². The second-order valence-corrected chi connectivity index (χ2v) is 6.65. The number of nitrogens with zero attached hydrogens (tertiary/aromatic N) is 4. The summed E-state index contributed by atoms with van der Waals surface area (Å²) >= 11 is 0. The van der Waals surface area contributed by atoms with Crippen LogP contribution in [0, 0.1) is 11.3 Å². The normalized spacial score (nSPS) is 14.0. The minimum atomic E-state index is -0.0330. The highest BCUT2D eigenvalue weighted by molar-refractivity contribution is 5.84. The number of rotatable bonds is 4. The minimum Gasteiger partial charge on any atom is -0.484 e. The van der Waals surface area contributed by atoms with Crippen LogP contribution in [0.25, 0.3) is 10.8 Å². The minimum absolute atomic E-state index is 0.0192. The van der Waals surface area contributed by atoms with Crippen molar-refractivity contribution in [2.45, 2.75) is 0 Å². The number of amides is 1. The fourth-order valence-corrected chi connectivity index (χ4v) is 3.40. The molecule has 4 rings (SSSR count). The number of aromatic nitrogens is 1. The highest BCUT2D eigenvalue weighted by Gasteiger charge is 2.23. The van der Waals surface area contributed by atoms with Crippen LogP contribution in [0.15, 0.2) is 60.8 Å². The van der Waals surface area contributed by atoms with Crippen LogP contribution >= 0.6 is 0 Å². The van der Waals surface area contributed by atoms with Gasteiger partial charge in [-0.15, -0.1) is 0 Å². The fraction of sp³-hybridized carbons (Fsp3) is 0.227. The predicted octanol–water partition coefficient (Wildman–Crippen LogP) is 2.83. The van der Waals surface area contributed by atoms with Crippen LogP contribution in [0.2, 0.25) is 0 Å². The molecule has 0 atom stereocenters. The first-order valence-corrected chi connectivity index (χ1v) is 9.24. The predicted molar refractivity (Wildman–Crippen MR) is 107 cm³/mol. The molecule has 0 saturated carbocycles. The molecule has 6 heteroatoms. The summed E-state index contributed by atoms with van der Waals surface area (Å²) in [6.45, 7) is 2.48. The molecule has 1 amide bonds. The zero-order chi connectivity index (χ0) is 19.3. The smallest absolute Gasteiger partial charge is 0.260 e. The van der Waals surface area contributed by atoms with Gasteiger partial charge in [0.25, 0.3) is 5.91 Å². The molecule has 1 fully saturated rings. The van der Waals surface area contributed by atoms with E-state index in [4.69, 9.17) is 4.74 Å². The number of fused-ring (bicyclic) bond motifs is 1. The Bertz CT molecular complexity index is 1040. The molecular formula is C22H20N4O2. The molecule has 1 aliphatic rings. The van der Waals surface area contributed by atoms with Crippen LogP contribution in [-0.4, -0.2) is 48.6 Å². The largest absolute Gasteiger partial charge is 0.484 e. The maximum atomic E-state index is 12.5. The van der Waals surface area contributed by atoms with Gasteiger partial charge in [-0.1, -0.05) is 30.3 Å². The third-order valence-corrected chi connectivity index (χ3v) is 4.92. The number of pyridine rings is 1. The molecule has 1 saturated heterocycles. The van der Waals surface area contributed by atoms with Gasteiger partial charge in [-0.25, -0.2) is 4.98 Å². The molecule has 3 aromatic rings. The molecule has 0 aliphatic carbocycles. The molecular weight excluding hydrogens is 352 g/mol. The average molecular weight is 372 g/mol. The number of carbonyl (C=O) groups is 1. The Morgan fingerprint density at radius 1 is 1.04 bits per heavy atom. The van der Waals surface area contributed by atoms with E-state index in [0.29, 0.717) is 43.3 Å². The van der Waals surface area contributed by atoms with E-state index in [9.17, 15) is 10.1 Å². The molecule has 0 unspecified atom stereocenters. The van der Waals surface area contributed by atoms with Crippen molar-refractivity contribution in [1.82, 2.24) is 9.88 Å². The van der Waals surface area contributed by atoms with Crippen molar-refractivity contribution in [2.24, 2.45) is 0 Å². The van der Waals surface area contributed by atoms with E-state index in [2.05, 4.69) is 11.1 Å². The standard InChI is InChI=1S/C22H20N4O2/c23-15-19-6-3-9-24-22(19)26-12-10-25(11-13-26)21(27)16-28-20-8-7-17-4-1-2-5-18(17)14-20/h1-9,14H,10-13,16H2. The number of anilines is 1. The van der Waals surface area contributed by atoms with Gasteiger partial charge < -0.3 is 14.5 Å². The molecule has 2 heterocycles. The zero-order valence-electron chi connectivity index (χ0n) is 15.4. The number of piperazine rings is 1. The third kappa shape index (κ3) is 3.74. The number of benzene rings is 2. The van der Waals surface area contributed by atoms with Gasteiger partial charge in [-0.3, -0.25) is 4.79 Å². The van der Waals surface area contributed by atoms with Gasteiger partial charge in [0.2, 0.25) is 0 Å². The Kier molecular flexibility index (Phi) is 5.07. The molecule has 0 bridgehead atoms. The molecule has 2 aromatic carbocycles. The Morgan fingerprint density at radius 2 is 1.82 bits per heavy atom. The Hall–Kier alpha value is -3.59. The molecule has 6 nitrogen and oxygen atoms in total. The first-order valence-electron chi connectivity index (χ1n) is 9.24. The van der Waals surface area contributed by atoms with Crippen LogP contribution in [0.4, 0.5) is 5.82 Å². The van der Waals surface area contributed by atoms with Crippen molar-refractivity contribution in [3.63, 3.8) is 0 Å². The van der Waals surface area contributed by atoms with Crippen molar-refractivity contribution in [3.05, 3.63) is 66.4 Å². The molecule has 1 aromatic heterocycles. The number of ether oxygens (including phenoxy) is 1. The summed E-state index contributed by atoms with van der Waals surface area (Å²) in [7, 11) is 0. The second kappa shape index (κ2) is 7.97. The van der Waals surface area contributed by atoms with Gasteiger partial charge in [0, 0.05) is 32.4 Å². The lowest BCUT2D eigenvalue weighted by atomic mass is 10.1. The molecule has 0 N–H and O–H groups in total. The van der Waals surface area contributed by atoms with Crippen molar-refractivity contribution in [1.29, 1.82) is 5.26 Å². The van der Waals surface area contributed by atoms with E-state index in [1.54, 1.807) is 23.2 Å². The van der Waals surface area contributed by atoms with Gasteiger partial charge in [-0.2, -0.15) is 5.26 Å². The molecule has 140 valence electrons. The summed E-state index contributed by atoms with van der Waals surface area (Å²) in [6.07, 6.45) is 1.69. The summed E-state index contributed by atoms with van der Waals surface area (Å²) in [5, 5.41) is 11.5. The van der Waals surface area contributed by atoms with E-state index < -0.39 is 0 Å². The Morgan fingerprint density at radius 3 is 2.61 bits per heavy atom. The highest BCUT2D eigenvalue weighted by atomic mass is 16.5. The Balaban J connectivity index is 1.33. The van der Waals surface area contributed by atoms with Crippen LogP contribution in [0.3, 0.4) is 0 Å². The Labute approximate surface area is 163 Å². The highest BCUT2D eigenvalue weighted by Crippen LogP contribution is 2.21. The summed E-state index contributed by atoms with van der Waals surface area (Å²) < 4.78 is 5.72. The second-order valence-electron chi connectivity index (χ2n) is 6.65. The van der Waals surface area contributed by atoms with Gasteiger partial charge in [0.1, 0.15) is 17.6 Å². The average Bonchev–Trinajstić information content (AvgIpc) is 2.77. The maximum Gasteiger partial charge on any atom is 0.260 e. The van der Waals surface area contributed by atoms with E-state index >= 15 is 0 Å². The summed E-state index contributed by atoms with van der Waals surface area (Å²) in [5.41, 5.74) is 0.557. The van der Waals surface area contributed by atoms with E-state index in [1.165, 1.54) is 0 Å². The van der Waals surface area contributed by atoms with Crippen molar-refractivity contribution in [3.8, 4) is 11.8 Å². The first kappa shape index (κ1) is 17.8. The number of nitriles is 1. The first-order chi connectivity index (χ1) is 13.7. The van der Waals surface area contributed by atoms with Crippen molar-refractivity contribution < 1.29 is 9.53 Å². The summed E-state index contributed by atoms with van der Waals surface area (Å²) in [4.78, 5) is 20.7. The molecule has 0 radical (unpaired) electrons. The molecule has 0 spiro atoms. The summed E-state index contributed by atoms with van der Waals surface area (Å²) in [6, 6.07) is 19.6. The van der Waals surface area contributed by atoms with Gasteiger partial charge in [0.05, 0.1) is 5.56 Å². The quantitative estimate of drug-likeness (QED) is 0.704. The van der Waals surface area contributed by atoms with Crippen LogP contribution in [0.5, 0.6) is 5.75 Å². The molecule has 1 aliphatic heterocycles. The van der Waals surface area contributed by atoms with Gasteiger partial charge in [0.15, 0.2) is 6.61 Å². The van der Waals surface area contributed by atoms with Crippen molar-refractivity contribution >= 4 is 22.5 Å². The van der Waals surface area contributed by atoms with Crippen LogP contribution in [-0.2, 0) is 4.79 Å². The van der Waals surface area contributed by atoms with Gasteiger partial charge >= 0.3 is 0 Å². The summed E-state index contributed by atoms with van der Waals surface area (Å²) in [5.74, 6) is 1.34. The van der Waals surface area contributed by atoms with E-state index in [0.717, 1.165) is 10.8 Å². The van der Waals surface area contributed by atoms with Crippen LogP contribution < -0.4 is 9.64 Å². The van der Waals surface area contributed by atoms with Crippen LogP contribution in [0.1, 0.15) is 5.56 Å². The lowest BCUT2D eigenvalue weighted by Gasteiger charge is -2.35. The maximum absolute atomic E-state index is 12.5. The topological polar surface area (TPSA) is 69.5 Å². The monoisotopic (exact) mass is 372 g/mol. The lowest BCUT2D eigenvalue weighted by molar-refractivity contribution is -0.133. The SMILES string of the molecule is N#Cc1cccnc1N1CCN(C(=O)COc2ccc3ccccc3c2)CC1. The number of carbonyl (C=O) groups excluding carboxylic acids is 1.